The lowest BCUT2D eigenvalue weighted by molar-refractivity contribution is -0.123. The highest BCUT2D eigenvalue weighted by atomic mass is 32.2. The Morgan fingerprint density at radius 3 is 2.63 bits per heavy atom. The molecule has 1 fully saturated rings. The van der Waals surface area contributed by atoms with Gasteiger partial charge in [-0.3, -0.25) is 4.79 Å². The Morgan fingerprint density at radius 1 is 1.07 bits per heavy atom. The van der Waals surface area contributed by atoms with E-state index in [4.69, 9.17) is 9.47 Å². The van der Waals surface area contributed by atoms with Crippen molar-refractivity contribution in [2.24, 2.45) is 5.92 Å². The number of thioether (sulfide) groups is 1. The number of cyclic esters (lactones) is 1. The number of carbonyl (C=O) groups is 2. The number of Topliss-reactive ketones (excluding diaryl/α,β-unsaturated/α-hetero) is 1. The third-order valence-corrected chi connectivity index (χ3v) is 8.10. The summed E-state index contributed by atoms with van der Waals surface area (Å²) in [5, 5.41) is 0. The molecule has 2 aromatic carbocycles. The smallest absolute Gasteiger partial charge is 0.344 e. The molecule has 0 N–H and O–H groups in total. The Morgan fingerprint density at radius 2 is 1.87 bits per heavy atom. The Hall–Kier alpha value is -2.27. The molecule has 4 nitrogen and oxygen atoms in total. The van der Waals surface area contributed by atoms with Gasteiger partial charge in [0.15, 0.2) is 4.93 Å². The third kappa shape index (κ3) is 3.15. The fraction of sp³-hybridized carbons (Fsp3) is 0.440. The maximum atomic E-state index is 13.3. The lowest BCUT2D eigenvalue weighted by Crippen LogP contribution is -2.37. The number of fused-ring (bicyclic) bond motifs is 3. The van der Waals surface area contributed by atoms with Crippen molar-refractivity contribution < 1.29 is 19.1 Å². The van der Waals surface area contributed by atoms with Crippen LogP contribution in [0, 0.1) is 5.92 Å². The molecule has 1 saturated carbocycles. The lowest BCUT2D eigenvalue weighted by atomic mass is 9.77. The summed E-state index contributed by atoms with van der Waals surface area (Å²) in [5.74, 6) is 0.512. The van der Waals surface area contributed by atoms with Gasteiger partial charge in [-0.15, -0.1) is 0 Å². The van der Waals surface area contributed by atoms with Gasteiger partial charge in [-0.05, 0) is 67.9 Å². The van der Waals surface area contributed by atoms with Crippen molar-refractivity contribution >= 4 is 23.5 Å². The first-order valence-electron chi connectivity index (χ1n) is 10.8. The number of aryl methyl sites for hydroxylation is 1. The molecule has 0 radical (unpaired) electrons. The molecule has 30 heavy (non-hydrogen) atoms. The third-order valence-electron chi connectivity index (χ3n) is 6.66. The molecular weight excluding hydrogens is 396 g/mol. The summed E-state index contributed by atoms with van der Waals surface area (Å²) >= 11 is 1.59. The molecule has 5 rings (SSSR count). The van der Waals surface area contributed by atoms with Gasteiger partial charge in [0.25, 0.3) is 0 Å². The molecule has 0 amide bonds. The monoisotopic (exact) mass is 422 g/mol. The van der Waals surface area contributed by atoms with Crippen LogP contribution in [0.15, 0.2) is 41.3 Å². The molecule has 2 unspecified atom stereocenters. The van der Waals surface area contributed by atoms with Crippen LogP contribution in [0.2, 0.25) is 0 Å². The summed E-state index contributed by atoms with van der Waals surface area (Å²) in [6.07, 6.45) is 6.99. The van der Waals surface area contributed by atoms with E-state index in [-0.39, 0.29) is 17.7 Å². The van der Waals surface area contributed by atoms with Crippen LogP contribution in [0.1, 0.15) is 65.6 Å². The molecule has 156 valence electrons. The van der Waals surface area contributed by atoms with Crippen LogP contribution in [-0.2, 0) is 27.3 Å². The first-order chi connectivity index (χ1) is 14.6. The van der Waals surface area contributed by atoms with Gasteiger partial charge in [0, 0.05) is 29.2 Å². The molecule has 0 bridgehead atoms. The first kappa shape index (κ1) is 19.7. The van der Waals surface area contributed by atoms with Crippen LogP contribution in [0.5, 0.6) is 5.75 Å². The Balaban J connectivity index is 1.75. The van der Waals surface area contributed by atoms with Gasteiger partial charge < -0.3 is 9.47 Å². The molecule has 0 saturated heterocycles. The predicted molar refractivity (Wildman–Crippen MR) is 116 cm³/mol. The molecule has 0 spiro atoms. The molecule has 2 atom stereocenters. The number of esters is 1. The van der Waals surface area contributed by atoms with Gasteiger partial charge in [0.1, 0.15) is 17.1 Å². The fourth-order valence-electron chi connectivity index (χ4n) is 5.32. The summed E-state index contributed by atoms with van der Waals surface area (Å²) in [4.78, 5) is 25.9. The van der Waals surface area contributed by atoms with Crippen molar-refractivity contribution in [2.45, 2.75) is 61.2 Å². The summed E-state index contributed by atoms with van der Waals surface area (Å²) < 4.78 is 12.0. The van der Waals surface area contributed by atoms with Crippen LogP contribution < -0.4 is 4.74 Å². The van der Waals surface area contributed by atoms with Crippen LogP contribution in [0.4, 0.5) is 0 Å². The highest BCUT2D eigenvalue weighted by molar-refractivity contribution is 8.00. The fourth-order valence-corrected chi connectivity index (χ4v) is 6.78. The van der Waals surface area contributed by atoms with Crippen LogP contribution in [0.25, 0.3) is 0 Å². The van der Waals surface area contributed by atoms with Gasteiger partial charge >= 0.3 is 5.97 Å². The van der Waals surface area contributed by atoms with E-state index in [2.05, 4.69) is 12.1 Å². The molecule has 3 aliphatic rings. The zero-order valence-electron chi connectivity index (χ0n) is 17.2. The van der Waals surface area contributed by atoms with Crippen molar-refractivity contribution in [1.82, 2.24) is 0 Å². The molecule has 2 aliphatic carbocycles. The van der Waals surface area contributed by atoms with E-state index in [0.29, 0.717) is 24.2 Å². The van der Waals surface area contributed by atoms with E-state index in [9.17, 15) is 9.59 Å². The number of methoxy groups -OCH3 is 1. The summed E-state index contributed by atoms with van der Waals surface area (Å²) in [6.45, 7) is 0. The predicted octanol–water partition coefficient (Wildman–Crippen LogP) is 5.45. The maximum absolute atomic E-state index is 13.3. The van der Waals surface area contributed by atoms with E-state index >= 15 is 0 Å². The number of hydrogen-bond acceptors (Lipinski definition) is 5. The van der Waals surface area contributed by atoms with Gasteiger partial charge in [-0.25, -0.2) is 4.79 Å². The minimum absolute atomic E-state index is 0.0349. The van der Waals surface area contributed by atoms with E-state index in [1.54, 1.807) is 18.9 Å². The molecule has 2 aromatic rings. The number of ether oxygens (including phenoxy) is 2. The summed E-state index contributed by atoms with van der Waals surface area (Å²) in [5.41, 5.74) is 4.05. The Bertz CT molecular complexity index is 1000. The van der Waals surface area contributed by atoms with E-state index in [0.717, 1.165) is 49.0 Å². The molecule has 1 heterocycles. The van der Waals surface area contributed by atoms with Gasteiger partial charge in [0.2, 0.25) is 0 Å². The van der Waals surface area contributed by atoms with Crippen LogP contribution >= 0.6 is 11.8 Å². The lowest BCUT2D eigenvalue weighted by Gasteiger charge is -2.39. The van der Waals surface area contributed by atoms with Gasteiger partial charge in [-0.1, -0.05) is 30.0 Å². The highest BCUT2D eigenvalue weighted by Gasteiger charge is 2.55. The van der Waals surface area contributed by atoms with Crippen molar-refractivity contribution in [3.8, 4) is 5.75 Å². The van der Waals surface area contributed by atoms with E-state index in [1.165, 1.54) is 11.1 Å². The SMILES string of the molecule is COc1cc2c(c3c1C(=O)OC3(Sc1ccccc1)C1CCCC(=O)C1)CCCC2. The molecule has 5 heteroatoms. The van der Waals surface area contributed by atoms with Crippen molar-refractivity contribution in [3.05, 3.63) is 58.7 Å². The van der Waals surface area contributed by atoms with Crippen molar-refractivity contribution in [1.29, 1.82) is 0 Å². The second-order valence-corrected chi connectivity index (χ2v) is 9.76. The van der Waals surface area contributed by atoms with Crippen molar-refractivity contribution in [3.63, 3.8) is 0 Å². The van der Waals surface area contributed by atoms with E-state index < -0.39 is 4.93 Å². The topological polar surface area (TPSA) is 52.6 Å². The zero-order valence-corrected chi connectivity index (χ0v) is 18.1. The van der Waals surface area contributed by atoms with E-state index in [1.807, 2.05) is 24.3 Å². The van der Waals surface area contributed by atoms with Crippen LogP contribution in [-0.4, -0.2) is 18.9 Å². The van der Waals surface area contributed by atoms with Gasteiger partial charge in [0.05, 0.1) is 7.11 Å². The highest BCUT2D eigenvalue weighted by Crippen LogP contribution is 2.59. The number of ketones is 1. The number of benzene rings is 2. The molecule has 0 aromatic heterocycles. The van der Waals surface area contributed by atoms with Gasteiger partial charge in [-0.2, -0.15) is 0 Å². The molecule has 1 aliphatic heterocycles. The summed E-state index contributed by atoms with van der Waals surface area (Å²) in [7, 11) is 1.62. The maximum Gasteiger partial charge on any atom is 0.344 e. The number of rotatable bonds is 4. The number of carbonyl (C=O) groups excluding carboxylic acids is 2. The standard InChI is InChI=1S/C25H26O4S/c1-28-21-14-16-8-5-6-13-20(16)23-22(21)24(27)29-25(23,17-9-7-10-18(26)15-17)30-19-11-3-2-4-12-19/h2-4,11-12,14,17H,5-10,13,15H2,1H3. The first-order valence-corrected chi connectivity index (χ1v) is 11.7. The second kappa shape index (κ2) is 7.77. The largest absolute Gasteiger partial charge is 0.496 e. The average molecular weight is 423 g/mol. The minimum atomic E-state index is -0.875. The normalized spacial score (nSPS) is 25.4. The Kier molecular flexibility index (Phi) is 5.10. The Labute approximate surface area is 181 Å². The van der Waals surface area contributed by atoms with Crippen molar-refractivity contribution in [2.75, 3.05) is 7.11 Å². The molecular formula is C25H26O4S. The summed E-state index contributed by atoms with van der Waals surface area (Å²) in [6, 6.07) is 12.1. The average Bonchev–Trinajstić information content (AvgIpc) is 3.07. The minimum Gasteiger partial charge on any atom is -0.496 e. The second-order valence-electron chi connectivity index (χ2n) is 8.48. The quantitative estimate of drug-likeness (QED) is 0.614. The number of hydrogen-bond donors (Lipinski definition) is 0. The zero-order chi connectivity index (χ0) is 20.7. The van der Waals surface area contributed by atoms with Crippen LogP contribution in [0.3, 0.4) is 0 Å².